The van der Waals surface area contributed by atoms with Crippen molar-refractivity contribution in [2.24, 2.45) is 0 Å². The van der Waals surface area contributed by atoms with E-state index in [9.17, 15) is 4.79 Å². The fourth-order valence-electron chi connectivity index (χ4n) is 2.04. The summed E-state index contributed by atoms with van der Waals surface area (Å²) in [6.07, 6.45) is 0. The predicted octanol–water partition coefficient (Wildman–Crippen LogP) is 3.40. The third kappa shape index (κ3) is 2.14. The van der Waals surface area contributed by atoms with Crippen molar-refractivity contribution in [3.05, 3.63) is 36.4 Å². The molecule has 3 aromatic rings. The van der Waals surface area contributed by atoms with E-state index in [1.165, 1.54) is 0 Å². The number of amides is 2. The standard InChI is InChI=1S/C14H10N2O5/c17-14(16-9-2-4-11-13(6-9)21-20-11)15-8-1-3-10-12(5-8)19-7-18-10/h1-6H,7H2,(H2,15,16,17). The molecule has 4 rings (SSSR count). The van der Waals surface area contributed by atoms with Crippen molar-refractivity contribution in [3.8, 4) is 11.5 Å². The van der Waals surface area contributed by atoms with Crippen molar-refractivity contribution in [3.63, 3.8) is 0 Å². The molecule has 0 atom stereocenters. The molecule has 0 fully saturated rings. The van der Waals surface area contributed by atoms with E-state index >= 15 is 0 Å². The summed E-state index contributed by atoms with van der Waals surface area (Å²) in [6, 6.07) is 9.94. The molecule has 0 saturated heterocycles. The zero-order chi connectivity index (χ0) is 14.2. The van der Waals surface area contributed by atoms with Crippen LogP contribution in [0.15, 0.2) is 45.6 Å². The molecule has 1 aromatic heterocycles. The highest BCUT2D eigenvalue weighted by Gasteiger charge is 2.14. The molecule has 0 bridgehead atoms. The molecule has 2 aromatic carbocycles. The summed E-state index contributed by atoms with van der Waals surface area (Å²) in [5.41, 5.74) is 2.46. The van der Waals surface area contributed by atoms with Crippen molar-refractivity contribution >= 4 is 28.6 Å². The lowest BCUT2D eigenvalue weighted by molar-refractivity contribution is 0.0590. The van der Waals surface area contributed by atoms with Crippen LogP contribution in [0.5, 0.6) is 11.5 Å². The minimum absolute atomic E-state index is 0.197. The topological polar surface area (TPSA) is 85.9 Å². The molecule has 21 heavy (non-hydrogen) atoms. The van der Waals surface area contributed by atoms with Gasteiger partial charge in [-0.2, -0.15) is 0 Å². The van der Waals surface area contributed by atoms with Crippen LogP contribution in [-0.2, 0) is 0 Å². The van der Waals surface area contributed by atoms with Crippen LogP contribution in [-0.4, -0.2) is 12.8 Å². The Bertz CT molecular complexity index is 820. The number of anilines is 2. The lowest BCUT2D eigenvalue weighted by Gasteiger charge is -2.08. The number of carbonyl (C=O) groups is 1. The van der Waals surface area contributed by atoms with E-state index in [2.05, 4.69) is 10.6 Å². The van der Waals surface area contributed by atoms with E-state index in [0.717, 1.165) is 0 Å². The number of fused-ring (bicyclic) bond motifs is 2. The number of nitrogens with one attached hydrogen (secondary N) is 2. The first-order chi connectivity index (χ1) is 10.3. The van der Waals surface area contributed by atoms with Crippen LogP contribution >= 0.6 is 0 Å². The average molecular weight is 286 g/mol. The molecular weight excluding hydrogens is 276 g/mol. The van der Waals surface area contributed by atoms with E-state index in [4.69, 9.17) is 18.6 Å². The van der Waals surface area contributed by atoms with Crippen LogP contribution in [0, 0.1) is 0 Å². The highest BCUT2D eigenvalue weighted by atomic mass is 17.0. The second-order valence-corrected chi connectivity index (χ2v) is 4.48. The third-order valence-corrected chi connectivity index (χ3v) is 3.05. The molecule has 1 aliphatic rings. The normalized spacial score (nSPS) is 12.6. The molecule has 7 nitrogen and oxygen atoms in total. The van der Waals surface area contributed by atoms with E-state index in [0.29, 0.717) is 34.0 Å². The first-order valence-corrected chi connectivity index (χ1v) is 6.24. The Balaban J connectivity index is 1.46. The van der Waals surface area contributed by atoms with E-state index in [1.54, 1.807) is 36.4 Å². The summed E-state index contributed by atoms with van der Waals surface area (Å²) in [4.78, 5) is 11.9. The van der Waals surface area contributed by atoms with Gasteiger partial charge in [-0.05, 0) is 24.3 Å². The summed E-state index contributed by atoms with van der Waals surface area (Å²) in [7, 11) is 0. The lowest BCUT2D eigenvalue weighted by Crippen LogP contribution is -2.19. The number of ether oxygens (including phenoxy) is 2. The average Bonchev–Trinajstić information content (AvgIpc) is 2.89. The fraction of sp³-hybridized carbons (Fsp3) is 0.0714. The van der Waals surface area contributed by atoms with Crippen LogP contribution in [0.4, 0.5) is 16.2 Å². The van der Waals surface area contributed by atoms with Crippen LogP contribution in [0.1, 0.15) is 0 Å². The molecule has 0 spiro atoms. The summed E-state index contributed by atoms with van der Waals surface area (Å²) < 4.78 is 19.9. The van der Waals surface area contributed by atoms with E-state index < -0.39 is 0 Å². The Morgan fingerprint density at radius 3 is 2.33 bits per heavy atom. The van der Waals surface area contributed by atoms with Gasteiger partial charge in [-0.25, -0.2) is 4.79 Å². The highest BCUT2D eigenvalue weighted by Crippen LogP contribution is 2.34. The SMILES string of the molecule is O=C(Nc1ccc2c(c1)OCO2)Nc1ccc2ooc2c1. The van der Waals surface area contributed by atoms with Gasteiger partial charge >= 0.3 is 6.03 Å². The van der Waals surface area contributed by atoms with Crippen molar-refractivity contribution in [2.45, 2.75) is 0 Å². The predicted molar refractivity (Wildman–Crippen MR) is 73.7 cm³/mol. The summed E-state index contributed by atoms with van der Waals surface area (Å²) >= 11 is 0. The van der Waals surface area contributed by atoms with Crippen LogP contribution in [0.2, 0.25) is 0 Å². The summed E-state index contributed by atoms with van der Waals surface area (Å²) in [5.74, 6) is 1.28. The summed E-state index contributed by atoms with van der Waals surface area (Å²) in [5, 5.41) is 5.42. The molecular formula is C14H10N2O5. The molecule has 106 valence electrons. The number of rotatable bonds is 2. The van der Waals surface area contributed by atoms with Crippen molar-refractivity contribution < 1.29 is 23.4 Å². The lowest BCUT2D eigenvalue weighted by atomic mass is 10.3. The van der Waals surface area contributed by atoms with Crippen molar-refractivity contribution in [1.29, 1.82) is 0 Å². The van der Waals surface area contributed by atoms with Crippen LogP contribution in [0.25, 0.3) is 11.2 Å². The van der Waals surface area contributed by atoms with E-state index in [-0.39, 0.29) is 12.8 Å². The van der Waals surface area contributed by atoms with Gasteiger partial charge in [0.25, 0.3) is 0 Å². The molecule has 0 saturated carbocycles. The molecule has 7 heteroatoms. The van der Waals surface area contributed by atoms with Gasteiger partial charge < -0.3 is 20.1 Å². The molecule has 0 aliphatic carbocycles. The molecule has 2 N–H and O–H groups in total. The maximum Gasteiger partial charge on any atom is 0.323 e. The van der Waals surface area contributed by atoms with Gasteiger partial charge in [0.15, 0.2) is 11.5 Å². The molecule has 0 radical (unpaired) electrons. The smallest absolute Gasteiger partial charge is 0.323 e. The maximum absolute atomic E-state index is 11.9. The Labute approximate surface area is 118 Å². The third-order valence-electron chi connectivity index (χ3n) is 3.05. The zero-order valence-electron chi connectivity index (χ0n) is 10.7. The van der Waals surface area contributed by atoms with Gasteiger partial charge in [0.05, 0.1) is 0 Å². The highest BCUT2D eigenvalue weighted by molar-refractivity contribution is 6.00. The molecule has 2 amide bonds. The van der Waals surface area contributed by atoms with Gasteiger partial charge in [0.1, 0.15) is 0 Å². The molecule has 0 unspecified atom stereocenters. The van der Waals surface area contributed by atoms with Crippen LogP contribution < -0.4 is 20.1 Å². The molecule has 2 heterocycles. The van der Waals surface area contributed by atoms with Gasteiger partial charge in [-0.1, -0.05) is 0 Å². The quantitative estimate of drug-likeness (QED) is 0.705. The number of hydrogen-bond donors (Lipinski definition) is 2. The fourth-order valence-corrected chi connectivity index (χ4v) is 2.04. The Kier molecular flexibility index (Phi) is 2.50. The largest absolute Gasteiger partial charge is 0.454 e. The maximum atomic E-state index is 11.9. The number of benzene rings is 2. The first-order valence-electron chi connectivity index (χ1n) is 6.24. The Morgan fingerprint density at radius 1 is 0.857 bits per heavy atom. The Morgan fingerprint density at radius 2 is 1.57 bits per heavy atom. The second-order valence-electron chi connectivity index (χ2n) is 4.48. The number of hydrogen-bond acceptors (Lipinski definition) is 5. The minimum atomic E-state index is -0.367. The van der Waals surface area contributed by atoms with Crippen LogP contribution in [0.3, 0.4) is 0 Å². The van der Waals surface area contributed by atoms with E-state index in [1.807, 2.05) is 0 Å². The van der Waals surface area contributed by atoms with Gasteiger partial charge in [0, 0.05) is 23.5 Å². The van der Waals surface area contributed by atoms with Crippen molar-refractivity contribution in [1.82, 2.24) is 0 Å². The van der Waals surface area contributed by atoms with Gasteiger partial charge in [-0.15, -0.1) is 0 Å². The second kappa shape index (κ2) is 4.48. The summed E-state index contributed by atoms with van der Waals surface area (Å²) in [6.45, 7) is 0.197. The van der Waals surface area contributed by atoms with Crippen molar-refractivity contribution in [2.75, 3.05) is 17.4 Å². The van der Waals surface area contributed by atoms with Gasteiger partial charge in [-0.3, -0.25) is 9.15 Å². The number of urea groups is 1. The monoisotopic (exact) mass is 286 g/mol. The minimum Gasteiger partial charge on any atom is -0.454 e. The zero-order valence-corrected chi connectivity index (χ0v) is 10.7. The first kappa shape index (κ1) is 11.7. The number of carbonyl (C=O) groups excluding carboxylic acids is 1. The Hall–Kier alpha value is -3.09. The van der Waals surface area contributed by atoms with Gasteiger partial charge in [0.2, 0.25) is 18.0 Å². The molecule has 1 aliphatic heterocycles.